The Hall–Kier alpha value is -2.87. The van der Waals surface area contributed by atoms with Crippen LogP contribution in [0, 0.1) is 0 Å². The van der Waals surface area contributed by atoms with Crippen LogP contribution in [0.2, 0.25) is 5.02 Å². The van der Waals surface area contributed by atoms with E-state index in [1.165, 1.54) is 28.1 Å². The minimum absolute atomic E-state index is 0.103. The second-order valence-electron chi connectivity index (χ2n) is 7.97. The van der Waals surface area contributed by atoms with Crippen molar-refractivity contribution in [3.63, 3.8) is 0 Å². The summed E-state index contributed by atoms with van der Waals surface area (Å²) >= 11 is 6.32. The van der Waals surface area contributed by atoms with Crippen LogP contribution in [0.3, 0.4) is 0 Å². The Morgan fingerprint density at radius 1 is 1.03 bits per heavy atom. The van der Waals surface area contributed by atoms with Gasteiger partial charge in [-0.1, -0.05) is 66.2 Å². The number of likely N-dealkylation sites (N-methyl/N-ethyl adjacent to an activating group) is 1. The van der Waals surface area contributed by atoms with Crippen molar-refractivity contribution in [3.05, 3.63) is 94.5 Å². The van der Waals surface area contributed by atoms with E-state index in [1.807, 2.05) is 54.6 Å². The molecule has 1 aliphatic heterocycles. The number of fused-ring (bicyclic) bond motifs is 1. The van der Waals surface area contributed by atoms with Crippen molar-refractivity contribution in [1.82, 2.24) is 9.21 Å². The topological polar surface area (TPSA) is 66.9 Å². The number of benzene rings is 3. The van der Waals surface area contributed by atoms with Crippen LogP contribution in [0.15, 0.2) is 77.7 Å². The molecule has 33 heavy (non-hydrogen) atoms. The monoisotopic (exact) mass is 484 g/mol. The molecule has 0 saturated heterocycles. The van der Waals surface area contributed by atoms with Gasteiger partial charge in [0.15, 0.2) is 6.61 Å². The number of halogens is 1. The maximum Gasteiger partial charge on any atom is 0.260 e. The van der Waals surface area contributed by atoms with Crippen LogP contribution < -0.4 is 4.74 Å². The fourth-order valence-electron chi connectivity index (χ4n) is 3.78. The van der Waals surface area contributed by atoms with E-state index in [4.69, 9.17) is 16.3 Å². The number of hydrogen-bond donors (Lipinski definition) is 0. The van der Waals surface area contributed by atoms with Crippen LogP contribution in [-0.4, -0.2) is 43.7 Å². The minimum atomic E-state index is -3.71. The molecular weight excluding hydrogens is 460 g/mol. The molecule has 4 rings (SSSR count). The van der Waals surface area contributed by atoms with E-state index in [0.29, 0.717) is 26.1 Å². The summed E-state index contributed by atoms with van der Waals surface area (Å²) in [6, 6.07) is 21.9. The number of rotatable bonds is 7. The van der Waals surface area contributed by atoms with Crippen molar-refractivity contribution in [2.75, 3.05) is 20.2 Å². The van der Waals surface area contributed by atoms with Crippen LogP contribution in [0.25, 0.3) is 0 Å². The highest BCUT2D eigenvalue weighted by Crippen LogP contribution is 2.31. The first-order valence-corrected chi connectivity index (χ1v) is 12.4. The maximum absolute atomic E-state index is 13.2. The molecule has 0 saturated carbocycles. The standard InChI is InChI=1S/C25H25ClN2O4S/c1-27(16-19-7-3-2-4-8-19)25(29)18-32-24-12-11-22(15-23(24)26)33(30,31)28-14-13-20-9-5-6-10-21(20)17-28/h2-12,15H,13-14,16-18H2,1H3. The number of ether oxygens (including phenoxy) is 1. The second kappa shape index (κ2) is 9.95. The third-order valence-corrected chi connectivity index (χ3v) is 7.81. The van der Waals surface area contributed by atoms with Gasteiger partial charge in [0.05, 0.1) is 9.92 Å². The van der Waals surface area contributed by atoms with E-state index in [0.717, 1.165) is 11.1 Å². The molecule has 0 aliphatic carbocycles. The lowest BCUT2D eigenvalue weighted by Crippen LogP contribution is -2.35. The zero-order valence-corrected chi connectivity index (χ0v) is 19.8. The van der Waals surface area contributed by atoms with E-state index in [1.54, 1.807) is 11.9 Å². The molecular formula is C25H25ClN2O4S. The molecule has 0 spiro atoms. The summed E-state index contributed by atoms with van der Waals surface area (Å²) in [5, 5.41) is 0.145. The van der Waals surface area contributed by atoms with Gasteiger partial charge in [-0.25, -0.2) is 8.42 Å². The van der Waals surface area contributed by atoms with Gasteiger partial charge in [0.2, 0.25) is 10.0 Å². The molecule has 0 unspecified atom stereocenters. The Bertz CT molecular complexity index is 1250. The molecule has 6 nitrogen and oxygen atoms in total. The summed E-state index contributed by atoms with van der Waals surface area (Å²) in [6.45, 7) is 1.01. The van der Waals surface area contributed by atoms with Gasteiger partial charge in [0.1, 0.15) is 5.75 Å². The summed E-state index contributed by atoms with van der Waals surface area (Å²) in [5.74, 6) is 0.0552. The molecule has 0 fully saturated rings. The van der Waals surface area contributed by atoms with Crippen molar-refractivity contribution in [3.8, 4) is 5.75 Å². The average Bonchev–Trinajstić information content (AvgIpc) is 2.83. The Labute approximate surface area is 199 Å². The van der Waals surface area contributed by atoms with E-state index in [9.17, 15) is 13.2 Å². The zero-order valence-electron chi connectivity index (χ0n) is 18.3. The lowest BCUT2D eigenvalue weighted by Gasteiger charge is -2.28. The predicted octanol–water partition coefficient (Wildman–Crippen LogP) is 4.12. The van der Waals surface area contributed by atoms with Crippen molar-refractivity contribution in [1.29, 1.82) is 0 Å². The van der Waals surface area contributed by atoms with Crippen LogP contribution in [-0.2, 0) is 34.3 Å². The quantitative estimate of drug-likeness (QED) is 0.506. The fraction of sp³-hybridized carbons (Fsp3) is 0.240. The molecule has 1 aliphatic rings. The Balaban J connectivity index is 1.40. The lowest BCUT2D eigenvalue weighted by molar-refractivity contribution is -0.132. The number of nitrogens with zero attached hydrogens (tertiary/aromatic N) is 2. The van der Waals surface area contributed by atoms with Crippen LogP contribution in [0.1, 0.15) is 16.7 Å². The molecule has 8 heteroatoms. The summed E-state index contributed by atoms with van der Waals surface area (Å²) in [5.41, 5.74) is 3.20. The van der Waals surface area contributed by atoms with Crippen molar-refractivity contribution in [2.24, 2.45) is 0 Å². The molecule has 3 aromatic carbocycles. The normalized spacial score (nSPS) is 13.9. The van der Waals surface area contributed by atoms with Gasteiger partial charge < -0.3 is 9.64 Å². The molecule has 172 valence electrons. The van der Waals surface area contributed by atoms with E-state index in [-0.39, 0.29) is 28.2 Å². The summed E-state index contributed by atoms with van der Waals surface area (Å²) in [6.07, 6.45) is 0.670. The average molecular weight is 485 g/mol. The number of carbonyl (C=O) groups excluding carboxylic acids is 1. The Kier molecular flexibility index (Phi) is 7.02. The molecule has 0 radical (unpaired) electrons. The largest absolute Gasteiger partial charge is 0.482 e. The van der Waals surface area contributed by atoms with Gasteiger partial charge in [-0.2, -0.15) is 4.31 Å². The highest BCUT2D eigenvalue weighted by molar-refractivity contribution is 7.89. The van der Waals surface area contributed by atoms with Gasteiger partial charge in [-0.05, 0) is 41.3 Å². The maximum atomic E-state index is 13.2. The van der Waals surface area contributed by atoms with Crippen molar-refractivity contribution < 1.29 is 17.9 Å². The van der Waals surface area contributed by atoms with E-state index < -0.39 is 10.0 Å². The van der Waals surface area contributed by atoms with E-state index >= 15 is 0 Å². The lowest BCUT2D eigenvalue weighted by atomic mass is 10.0. The third-order valence-electron chi connectivity index (χ3n) is 5.68. The summed E-state index contributed by atoms with van der Waals surface area (Å²) in [4.78, 5) is 14.1. The minimum Gasteiger partial charge on any atom is -0.482 e. The van der Waals surface area contributed by atoms with Crippen molar-refractivity contribution >= 4 is 27.5 Å². The second-order valence-corrected chi connectivity index (χ2v) is 10.3. The Morgan fingerprint density at radius 2 is 1.73 bits per heavy atom. The van der Waals surface area contributed by atoms with Crippen LogP contribution in [0.5, 0.6) is 5.75 Å². The van der Waals surface area contributed by atoms with Crippen LogP contribution >= 0.6 is 11.6 Å². The molecule has 0 aromatic heterocycles. The Morgan fingerprint density at radius 3 is 2.45 bits per heavy atom. The molecule has 1 amide bonds. The molecule has 0 N–H and O–H groups in total. The van der Waals surface area contributed by atoms with Gasteiger partial charge in [0, 0.05) is 26.7 Å². The number of sulfonamides is 1. The number of amides is 1. The SMILES string of the molecule is CN(Cc1ccccc1)C(=O)COc1ccc(S(=O)(=O)N2CCc3ccccc3C2)cc1Cl. The molecule has 0 bridgehead atoms. The van der Waals surface area contributed by atoms with Gasteiger partial charge in [0.25, 0.3) is 5.91 Å². The highest BCUT2D eigenvalue weighted by atomic mass is 35.5. The molecule has 3 aromatic rings. The molecule has 1 heterocycles. The first kappa shape index (κ1) is 23.3. The van der Waals surface area contributed by atoms with Crippen molar-refractivity contribution in [2.45, 2.75) is 24.4 Å². The fourth-order valence-corrected chi connectivity index (χ4v) is 5.52. The first-order chi connectivity index (χ1) is 15.8. The predicted molar refractivity (Wildman–Crippen MR) is 128 cm³/mol. The smallest absolute Gasteiger partial charge is 0.260 e. The van der Waals surface area contributed by atoms with Gasteiger partial charge in [-0.3, -0.25) is 4.79 Å². The van der Waals surface area contributed by atoms with Gasteiger partial charge >= 0.3 is 0 Å². The van der Waals surface area contributed by atoms with Crippen LogP contribution in [0.4, 0.5) is 0 Å². The first-order valence-electron chi connectivity index (χ1n) is 10.6. The number of hydrogen-bond acceptors (Lipinski definition) is 4. The van der Waals surface area contributed by atoms with E-state index in [2.05, 4.69) is 0 Å². The zero-order chi connectivity index (χ0) is 23.4. The molecule has 0 atom stereocenters. The number of carbonyl (C=O) groups is 1. The highest BCUT2D eigenvalue weighted by Gasteiger charge is 2.28. The third kappa shape index (κ3) is 5.38. The van der Waals surface area contributed by atoms with Gasteiger partial charge in [-0.15, -0.1) is 0 Å². The summed E-state index contributed by atoms with van der Waals surface area (Å²) < 4.78 is 33.4. The summed E-state index contributed by atoms with van der Waals surface area (Å²) in [7, 11) is -2.00.